The molecule has 1 unspecified atom stereocenters. The van der Waals surface area contributed by atoms with Crippen LogP contribution in [0.4, 0.5) is 14.4 Å². The molecule has 0 spiro atoms. The van der Waals surface area contributed by atoms with Gasteiger partial charge in [-0.1, -0.05) is 81.4 Å². The van der Waals surface area contributed by atoms with Crippen LogP contribution in [-0.4, -0.2) is 146 Å². The lowest BCUT2D eigenvalue weighted by Crippen LogP contribution is -2.65. The summed E-state index contributed by atoms with van der Waals surface area (Å²) >= 11 is 0. The predicted molar refractivity (Wildman–Crippen MR) is 311 cm³/mol. The van der Waals surface area contributed by atoms with Gasteiger partial charge in [-0.2, -0.15) is 0 Å². The number of rotatable bonds is 11. The fourth-order valence-electron chi connectivity index (χ4n) is 14.3. The molecule has 10 aliphatic rings. The van der Waals surface area contributed by atoms with Crippen LogP contribution in [0, 0.1) is 35.0 Å². The van der Waals surface area contributed by atoms with Gasteiger partial charge in [-0.05, 0) is 186 Å². The SMILES string of the molecule is CC1(C)[C@@H]2C[C@H]3OB([C@@H](N)Cc4ccccc4)O[C@@]3(C)[C@H]1C2.CC1[C@@H]2C[C@H]3OB([C@H](Cc4ccccc4)NC(=O)N(C)C[C@H]4CCCCN4C(=O)OC(C)(C)C)O[C@@]3(C)[C@H]1C2.CNC[C@H]1CCCCN1C(=O)OC(C)(C)C.Cl. The predicted octanol–water partition coefficient (Wildman–Crippen LogP) is 10.1. The number of likely N-dealkylation sites (N-methyl/N-ethyl adjacent to an activating group) is 2. The van der Waals surface area contributed by atoms with Gasteiger partial charge in [0.15, 0.2) is 0 Å². The summed E-state index contributed by atoms with van der Waals surface area (Å²) in [4.78, 5) is 43.8. The van der Waals surface area contributed by atoms with Crippen molar-refractivity contribution in [2.24, 2.45) is 40.7 Å². The maximum absolute atomic E-state index is 13.6. The molecule has 4 saturated heterocycles. The molecule has 78 heavy (non-hydrogen) atoms. The summed E-state index contributed by atoms with van der Waals surface area (Å²) in [6, 6.07) is 20.6. The largest absolute Gasteiger partial charge is 0.482 e. The van der Waals surface area contributed by atoms with Gasteiger partial charge in [0.2, 0.25) is 0 Å². The first-order valence-corrected chi connectivity index (χ1v) is 29.4. The summed E-state index contributed by atoms with van der Waals surface area (Å²) in [6.07, 6.45) is 12.0. The van der Waals surface area contributed by atoms with Gasteiger partial charge < -0.3 is 59.2 Å². The van der Waals surface area contributed by atoms with Crippen LogP contribution in [0.25, 0.3) is 0 Å². The van der Waals surface area contributed by atoms with Crippen molar-refractivity contribution in [3.05, 3.63) is 71.8 Å². The van der Waals surface area contributed by atoms with Crippen LogP contribution in [0.5, 0.6) is 0 Å². The van der Waals surface area contributed by atoms with Gasteiger partial charge in [0.05, 0.1) is 35.4 Å². The molecule has 6 aliphatic carbocycles. The molecule has 6 saturated carbocycles. The van der Waals surface area contributed by atoms with Gasteiger partial charge in [-0.3, -0.25) is 0 Å². The van der Waals surface area contributed by atoms with E-state index >= 15 is 0 Å². The van der Waals surface area contributed by atoms with Crippen molar-refractivity contribution in [2.45, 2.75) is 212 Å². The van der Waals surface area contributed by atoms with Crippen molar-refractivity contribution < 1.29 is 42.5 Å². The van der Waals surface area contributed by atoms with Crippen LogP contribution >= 0.6 is 12.4 Å². The highest BCUT2D eigenvalue weighted by molar-refractivity contribution is 6.48. The first-order chi connectivity index (χ1) is 36.3. The standard InChI is InChI=1S/C30H46BN3O5.C18H26BNO2.C12H24N2O2.ClH/c1-20-22-17-24(20)30(5)25(18-22)38-31(39-30)26(16-21-12-8-7-9-13-21)32-27(35)33(6)19-23-14-10-11-15-34(23)28(36)37-29(2,3)4;1-17(2)13-10-14(17)18(3)15(11-13)21-19(22-18)16(20)9-12-7-5-4-6-8-12;1-12(2,3)16-11(15)14-8-6-5-7-10(14)9-13-4;/h7-9,12-13,20,22-26H,10-11,14-19H2,1-6H3,(H,32,35);4-8,13-16H,9-11,20H2,1-3H3;10,13H,5-9H2,1-4H3;1H/t20?,22-,23+,24-,25+,26-,30-;13-,14-,15+,16-,18-;10-;/m001./s1. The molecule has 15 nitrogen and oxygen atoms in total. The molecule has 4 N–H and O–H groups in total. The number of piperidine rings is 2. The Morgan fingerprint density at radius 2 is 1.27 bits per heavy atom. The highest BCUT2D eigenvalue weighted by Crippen LogP contribution is 2.66. The number of halogens is 1. The summed E-state index contributed by atoms with van der Waals surface area (Å²) in [7, 11) is 2.94. The van der Waals surface area contributed by atoms with Crippen LogP contribution in [0.1, 0.15) is 151 Å². The maximum Gasteiger partial charge on any atom is 0.482 e. The Kier molecular flexibility index (Phi) is 20.1. The molecule has 10 fully saturated rings. The lowest BCUT2D eigenvalue weighted by atomic mass is 9.43. The Labute approximate surface area is 475 Å². The van der Waals surface area contributed by atoms with Crippen molar-refractivity contribution in [2.75, 3.05) is 40.3 Å². The van der Waals surface area contributed by atoms with E-state index in [4.69, 9.17) is 33.8 Å². The molecule has 2 aromatic carbocycles. The monoisotopic (exact) mass is 1100 g/mol. The second-order valence-electron chi connectivity index (χ2n) is 27.0. The summed E-state index contributed by atoms with van der Waals surface area (Å²) in [5, 5.41) is 6.38. The van der Waals surface area contributed by atoms with Crippen LogP contribution in [0.3, 0.4) is 0 Å². The number of ether oxygens (including phenoxy) is 2. The van der Waals surface area contributed by atoms with Crippen LogP contribution in [-0.2, 0) is 40.9 Å². The molecular weight excluding hydrogens is 1010 g/mol. The van der Waals surface area contributed by atoms with E-state index in [1.165, 1.54) is 24.8 Å². The number of hydrogen-bond donors (Lipinski definition) is 3. The van der Waals surface area contributed by atoms with E-state index in [2.05, 4.69) is 81.7 Å². The molecule has 0 aromatic heterocycles. The highest BCUT2D eigenvalue weighted by atomic mass is 35.5. The molecule has 18 heteroatoms. The van der Waals surface area contributed by atoms with Crippen LogP contribution in [0.15, 0.2) is 60.7 Å². The molecule has 12 rings (SSSR count). The average Bonchev–Trinajstić information content (AvgIpc) is 4.10. The number of likely N-dealkylation sites (tertiary alicyclic amines) is 2. The van der Waals surface area contributed by atoms with Crippen molar-refractivity contribution >= 4 is 44.9 Å². The zero-order valence-corrected chi connectivity index (χ0v) is 50.4. The molecule has 4 heterocycles. The smallest absolute Gasteiger partial charge is 0.444 e. The summed E-state index contributed by atoms with van der Waals surface area (Å²) in [5.41, 5.74) is 7.73. The third-order valence-electron chi connectivity index (χ3n) is 18.8. The molecule has 4 bridgehead atoms. The number of carbonyl (C=O) groups is 3. The molecule has 13 atom stereocenters. The Morgan fingerprint density at radius 3 is 1.82 bits per heavy atom. The molecule has 434 valence electrons. The third-order valence-corrected chi connectivity index (χ3v) is 18.8. The van der Waals surface area contributed by atoms with Gasteiger partial charge in [-0.25, -0.2) is 14.4 Å². The number of nitrogens with two attached hydrogens (primary N) is 1. The normalized spacial score (nSPS) is 32.1. The fraction of sp³-hybridized carbons (Fsp3) is 0.750. The van der Waals surface area contributed by atoms with Crippen molar-refractivity contribution in [1.82, 2.24) is 25.3 Å². The van der Waals surface area contributed by atoms with Gasteiger partial charge in [0.25, 0.3) is 0 Å². The lowest BCUT2D eigenvalue weighted by Gasteiger charge is -2.64. The second kappa shape index (κ2) is 25.3. The Morgan fingerprint density at radius 1 is 0.744 bits per heavy atom. The van der Waals surface area contributed by atoms with Crippen LogP contribution < -0.4 is 16.4 Å². The zero-order chi connectivity index (χ0) is 55.7. The minimum atomic E-state index is -0.555. The van der Waals surface area contributed by atoms with Crippen molar-refractivity contribution in [1.29, 1.82) is 0 Å². The minimum absolute atomic E-state index is 0. The number of urea groups is 1. The Balaban J connectivity index is 0.000000190. The van der Waals surface area contributed by atoms with Gasteiger partial charge in [-0.15, -0.1) is 12.4 Å². The zero-order valence-electron chi connectivity index (χ0n) is 49.6. The summed E-state index contributed by atoms with van der Waals surface area (Å²) in [5.74, 6) is 2.82. The van der Waals surface area contributed by atoms with E-state index in [1.807, 2.05) is 77.8 Å². The summed E-state index contributed by atoms with van der Waals surface area (Å²) < 4.78 is 37.0. The Hall–Kier alpha value is -3.57. The average molecular weight is 1100 g/mol. The van der Waals surface area contributed by atoms with E-state index in [0.717, 1.165) is 75.9 Å². The number of nitrogens with one attached hydrogen (secondary N) is 2. The number of benzene rings is 2. The first kappa shape index (κ1) is 62.0. The molecular formula is C60H97B2ClN6O9. The second-order valence-corrected chi connectivity index (χ2v) is 27.0. The van der Waals surface area contributed by atoms with Crippen LogP contribution in [0.2, 0.25) is 0 Å². The van der Waals surface area contributed by atoms with Crippen molar-refractivity contribution in [3.8, 4) is 0 Å². The first-order valence-electron chi connectivity index (χ1n) is 29.4. The van der Waals surface area contributed by atoms with Gasteiger partial charge in [0.1, 0.15) is 11.2 Å². The van der Waals surface area contributed by atoms with E-state index in [0.29, 0.717) is 48.6 Å². The molecule has 4 aliphatic heterocycles. The van der Waals surface area contributed by atoms with E-state index in [-0.39, 0.29) is 85.1 Å². The lowest BCUT2D eigenvalue weighted by molar-refractivity contribution is -0.199. The number of amides is 4. The number of nitrogens with zero attached hydrogens (tertiary/aromatic N) is 3. The molecule has 0 radical (unpaired) electrons. The van der Waals surface area contributed by atoms with Gasteiger partial charge >= 0.3 is 32.5 Å². The van der Waals surface area contributed by atoms with E-state index in [9.17, 15) is 14.4 Å². The highest BCUT2D eigenvalue weighted by Gasteiger charge is 2.68. The minimum Gasteiger partial charge on any atom is -0.444 e. The van der Waals surface area contributed by atoms with Gasteiger partial charge in [0, 0.05) is 45.2 Å². The Bertz CT molecular complexity index is 2290. The molecule has 2 aromatic rings. The molecule has 4 amide bonds. The van der Waals surface area contributed by atoms with E-state index in [1.54, 1.807) is 16.8 Å². The summed E-state index contributed by atoms with van der Waals surface area (Å²) in [6.45, 7) is 25.7. The maximum atomic E-state index is 13.6. The third kappa shape index (κ3) is 14.2. The number of carbonyl (C=O) groups excluding carboxylic acids is 3. The number of hydrogen-bond acceptors (Lipinski definition) is 11. The fourth-order valence-corrected chi connectivity index (χ4v) is 14.3. The van der Waals surface area contributed by atoms with E-state index < -0.39 is 18.3 Å². The topological polar surface area (TPSA) is 166 Å². The quantitative estimate of drug-likeness (QED) is 0.183. The van der Waals surface area contributed by atoms with Crippen molar-refractivity contribution in [3.63, 3.8) is 0 Å².